The third-order valence-electron chi connectivity index (χ3n) is 14.7. The van der Waals surface area contributed by atoms with Crippen LogP contribution in [0.25, 0.3) is 88.7 Å². The molecule has 2 aliphatic rings. The average molecular weight is 878 g/mol. The van der Waals surface area contributed by atoms with E-state index < -0.39 is 5.41 Å². The van der Waals surface area contributed by atoms with Crippen LogP contribution >= 0.6 is 0 Å². The van der Waals surface area contributed by atoms with Gasteiger partial charge in [0.1, 0.15) is 11.2 Å². The van der Waals surface area contributed by atoms with Crippen molar-refractivity contribution in [3.63, 3.8) is 0 Å². The van der Waals surface area contributed by atoms with Crippen LogP contribution in [-0.2, 0) is 5.41 Å². The summed E-state index contributed by atoms with van der Waals surface area (Å²) in [5.41, 5.74) is 24.8. The minimum atomic E-state index is -0.395. The molecule has 0 fully saturated rings. The van der Waals surface area contributed by atoms with E-state index in [1.165, 1.54) is 77.9 Å². The van der Waals surface area contributed by atoms with Crippen molar-refractivity contribution in [1.82, 2.24) is 0 Å². The summed E-state index contributed by atoms with van der Waals surface area (Å²) in [6, 6.07) is 95.3. The molecule has 0 N–H and O–H groups in total. The lowest BCUT2D eigenvalue weighted by atomic mass is 9.70. The fraction of sp³-hybridized carbons (Fsp3) is 0.0149. The van der Waals surface area contributed by atoms with E-state index in [2.05, 4.69) is 254 Å². The number of benzene rings is 11. The second-order valence-electron chi connectivity index (χ2n) is 18.3. The monoisotopic (exact) mass is 877 g/mol. The summed E-state index contributed by atoms with van der Waals surface area (Å²) in [5, 5.41) is 2.27. The van der Waals surface area contributed by atoms with Crippen molar-refractivity contribution in [2.24, 2.45) is 0 Å². The highest BCUT2D eigenvalue weighted by atomic mass is 16.3. The van der Waals surface area contributed by atoms with Crippen LogP contribution in [0.2, 0.25) is 0 Å². The Morgan fingerprint density at radius 3 is 1.33 bits per heavy atom. The van der Waals surface area contributed by atoms with Crippen molar-refractivity contribution in [2.45, 2.75) is 5.41 Å². The Bertz CT molecular complexity index is 3890. The highest BCUT2D eigenvalue weighted by Crippen LogP contribution is 2.64. The third-order valence-corrected chi connectivity index (χ3v) is 14.7. The summed E-state index contributed by atoms with van der Waals surface area (Å²) in [4.78, 5) is 2.36. The lowest BCUT2D eigenvalue weighted by Crippen LogP contribution is -2.25. The topological polar surface area (TPSA) is 16.4 Å². The van der Waals surface area contributed by atoms with Gasteiger partial charge < -0.3 is 9.32 Å². The van der Waals surface area contributed by atoms with Crippen LogP contribution in [0.15, 0.2) is 265 Å². The number of rotatable bonds is 7. The predicted octanol–water partition coefficient (Wildman–Crippen LogP) is 18.1. The zero-order valence-corrected chi connectivity index (χ0v) is 37.7. The number of anilines is 3. The fourth-order valence-electron chi connectivity index (χ4n) is 11.8. The quantitative estimate of drug-likeness (QED) is 0.159. The first-order valence-electron chi connectivity index (χ1n) is 23.8. The molecule has 2 nitrogen and oxygen atoms in total. The van der Waals surface area contributed by atoms with Gasteiger partial charge in [0.25, 0.3) is 0 Å². The summed E-state index contributed by atoms with van der Waals surface area (Å²) in [7, 11) is 0. The molecular formula is C67H43NO. The van der Waals surface area contributed by atoms with E-state index in [-0.39, 0.29) is 0 Å². The molecular weight excluding hydrogens is 835 g/mol. The first-order valence-corrected chi connectivity index (χ1v) is 23.8. The number of furan rings is 1. The summed E-state index contributed by atoms with van der Waals surface area (Å²) < 4.78 is 6.28. The molecule has 69 heavy (non-hydrogen) atoms. The van der Waals surface area contributed by atoms with Gasteiger partial charge in [-0.1, -0.05) is 212 Å². The number of para-hydroxylation sites is 1. The van der Waals surface area contributed by atoms with Gasteiger partial charge in [-0.25, -0.2) is 0 Å². The fourth-order valence-corrected chi connectivity index (χ4v) is 11.8. The molecule has 1 heterocycles. The maximum absolute atomic E-state index is 6.28. The Labute approximate surface area is 401 Å². The van der Waals surface area contributed by atoms with E-state index in [1.807, 2.05) is 12.1 Å². The average Bonchev–Trinajstić information content (AvgIpc) is 4.07. The molecule has 322 valence electrons. The summed E-state index contributed by atoms with van der Waals surface area (Å²) in [6.07, 6.45) is 0. The Hall–Kier alpha value is -8.98. The van der Waals surface area contributed by atoms with Crippen molar-refractivity contribution in [1.29, 1.82) is 0 Å². The van der Waals surface area contributed by atoms with Gasteiger partial charge in [-0.15, -0.1) is 0 Å². The van der Waals surface area contributed by atoms with E-state index >= 15 is 0 Å². The van der Waals surface area contributed by atoms with Gasteiger partial charge in [0.05, 0.1) is 5.41 Å². The van der Waals surface area contributed by atoms with E-state index in [0.717, 1.165) is 50.1 Å². The lowest BCUT2D eigenvalue weighted by molar-refractivity contribution is 0.669. The van der Waals surface area contributed by atoms with Crippen molar-refractivity contribution < 1.29 is 4.42 Å². The second kappa shape index (κ2) is 15.6. The van der Waals surface area contributed by atoms with Gasteiger partial charge >= 0.3 is 0 Å². The van der Waals surface area contributed by atoms with Crippen LogP contribution < -0.4 is 4.90 Å². The number of fused-ring (bicyclic) bond motifs is 13. The zero-order valence-electron chi connectivity index (χ0n) is 37.7. The predicted molar refractivity (Wildman–Crippen MR) is 286 cm³/mol. The van der Waals surface area contributed by atoms with Crippen LogP contribution in [0.3, 0.4) is 0 Å². The Kier molecular flexibility index (Phi) is 8.84. The minimum Gasteiger partial charge on any atom is -0.456 e. The van der Waals surface area contributed by atoms with Crippen molar-refractivity contribution in [3.05, 3.63) is 283 Å². The van der Waals surface area contributed by atoms with Crippen LogP contribution in [0.4, 0.5) is 17.1 Å². The lowest BCUT2D eigenvalue weighted by Gasteiger charge is -2.30. The van der Waals surface area contributed by atoms with Crippen LogP contribution in [0.5, 0.6) is 0 Å². The molecule has 2 aliphatic carbocycles. The molecule has 0 atom stereocenters. The van der Waals surface area contributed by atoms with Crippen LogP contribution in [0.1, 0.15) is 22.3 Å². The Balaban J connectivity index is 0.877. The molecule has 14 rings (SSSR count). The maximum atomic E-state index is 6.28. The van der Waals surface area contributed by atoms with Crippen LogP contribution in [-0.4, -0.2) is 0 Å². The smallest absolute Gasteiger partial charge is 0.136 e. The van der Waals surface area contributed by atoms with Crippen molar-refractivity contribution in [2.75, 3.05) is 4.90 Å². The summed E-state index contributed by atoms with van der Waals surface area (Å²) in [5.74, 6) is 0. The summed E-state index contributed by atoms with van der Waals surface area (Å²) >= 11 is 0. The molecule has 0 radical (unpaired) electrons. The largest absolute Gasteiger partial charge is 0.456 e. The molecule has 0 saturated heterocycles. The number of nitrogens with zero attached hydrogens (tertiary/aromatic N) is 1. The molecule has 1 aromatic heterocycles. The molecule has 2 heteroatoms. The number of hydrogen-bond acceptors (Lipinski definition) is 2. The highest BCUT2D eigenvalue weighted by molar-refractivity contribution is 6.12. The van der Waals surface area contributed by atoms with Crippen LogP contribution in [0, 0.1) is 0 Å². The molecule has 0 bridgehead atoms. The van der Waals surface area contributed by atoms with Crippen molar-refractivity contribution in [3.8, 4) is 66.8 Å². The molecule has 1 spiro atoms. The van der Waals surface area contributed by atoms with Gasteiger partial charge in [-0.05, 0) is 138 Å². The van der Waals surface area contributed by atoms with Crippen molar-refractivity contribution >= 4 is 39.0 Å². The van der Waals surface area contributed by atoms with Gasteiger partial charge in [0, 0.05) is 27.8 Å². The first-order chi connectivity index (χ1) is 34.2. The summed E-state index contributed by atoms with van der Waals surface area (Å²) in [6.45, 7) is 0. The van der Waals surface area contributed by atoms with Gasteiger partial charge in [0.2, 0.25) is 0 Å². The third kappa shape index (κ3) is 5.92. The van der Waals surface area contributed by atoms with E-state index in [4.69, 9.17) is 4.42 Å². The molecule has 0 saturated carbocycles. The van der Waals surface area contributed by atoms with E-state index in [9.17, 15) is 0 Å². The first kappa shape index (κ1) is 39.2. The van der Waals surface area contributed by atoms with E-state index in [0.29, 0.717) is 0 Å². The standard InChI is InChI=1S/C67H43NO/c1-2-16-44(17-3-1)45-32-38-48(39-33-45)68(50-42-36-47(37-43-50)52-24-15-31-64-66(52)58-23-9-13-30-63(58)69-64)49-40-34-46(35-41-49)51-18-4-5-19-53(51)56-25-14-29-62-65(56)57-22-8-12-28-61(57)67(62)59-26-10-6-20-54(59)55-21-7-11-27-60(55)67/h1-43H. The SMILES string of the molecule is c1ccc(-c2ccc(N(c3ccc(-c4ccccc4-c4cccc5c4-c4ccccc4C54c5ccccc5-c5ccccc54)cc3)c3ccc(-c4cccc5oc6ccccc6c45)cc3)cc2)cc1. The highest BCUT2D eigenvalue weighted by Gasteiger charge is 2.52. The Morgan fingerprint density at radius 1 is 0.261 bits per heavy atom. The molecule has 0 aliphatic heterocycles. The Morgan fingerprint density at radius 2 is 0.681 bits per heavy atom. The van der Waals surface area contributed by atoms with Gasteiger partial charge in [0.15, 0.2) is 0 Å². The molecule has 0 amide bonds. The minimum absolute atomic E-state index is 0.395. The second-order valence-corrected chi connectivity index (χ2v) is 18.3. The zero-order chi connectivity index (χ0) is 45.5. The molecule has 11 aromatic carbocycles. The number of hydrogen-bond donors (Lipinski definition) is 0. The normalized spacial score (nSPS) is 12.8. The molecule has 12 aromatic rings. The van der Waals surface area contributed by atoms with Gasteiger partial charge in [-0.2, -0.15) is 0 Å². The van der Waals surface area contributed by atoms with E-state index in [1.54, 1.807) is 0 Å². The maximum Gasteiger partial charge on any atom is 0.136 e. The van der Waals surface area contributed by atoms with Gasteiger partial charge in [-0.3, -0.25) is 0 Å². The molecule has 0 unspecified atom stereocenters.